The standard InChI is InChI=1S/C16H16N4O/c1-3-20-7-6-12-8-13(4-5-15(12)20)19-16(21)14-10-17-11(2)9-18-14/h4-10H,3H2,1-2H3,(H,19,21). The number of aryl methyl sites for hydroxylation is 2. The summed E-state index contributed by atoms with van der Waals surface area (Å²) in [7, 11) is 0. The Bertz CT molecular complexity index is 790. The molecule has 0 aliphatic heterocycles. The Morgan fingerprint density at radius 2 is 2.10 bits per heavy atom. The van der Waals surface area contributed by atoms with Crippen molar-refractivity contribution in [2.75, 3.05) is 5.32 Å². The lowest BCUT2D eigenvalue weighted by atomic mass is 10.2. The zero-order valence-electron chi connectivity index (χ0n) is 12.0. The second kappa shape index (κ2) is 5.36. The van der Waals surface area contributed by atoms with Gasteiger partial charge in [-0.3, -0.25) is 9.78 Å². The van der Waals surface area contributed by atoms with Gasteiger partial charge in [0.25, 0.3) is 5.91 Å². The first kappa shape index (κ1) is 13.3. The van der Waals surface area contributed by atoms with E-state index in [2.05, 4.69) is 26.8 Å². The van der Waals surface area contributed by atoms with Gasteiger partial charge in [-0.2, -0.15) is 0 Å². The van der Waals surface area contributed by atoms with E-state index in [0.29, 0.717) is 5.69 Å². The number of rotatable bonds is 3. The molecule has 1 N–H and O–H groups in total. The molecule has 0 bridgehead atoms. The molecule has 0 saturated heterocycles. The number of nitrogens with one attached hydrogen (secondary N) is 1. The summed E-state index contributed by atoms with van der Waals surface area (Å²) in [6, 6.07) is 7.91. The van der Waals surface area contributed by atoms with E-state index in [1.54, 1.807) is 6.20 Å². The number of hydrogen-bond acceptors (Lipinski definition) is 3. The van der Waals surface area contributed by atoms with E-state index in [4.69, 9.17) is 0 Å². The van der Waals surface area contributed by atoms with Gasteiger partial charge in [0.2, 0.25) is 0 Å². The Morgan fingerprint density at radius 3 is 2.81 bits per heavy atom. The summed E-state index contributed by atoms with van der Waals surface area (Å²) < 4.78 is 2.16. The van der Waals surface area contributed by atoms with Crippen LogP contribution in [0.5, 0.6) is 0 Å². The molecule has 5 heteroatoms. The summed E-state index contributed by atoms with van der Waals surface area (Å²) in [4.78, 5) is 20.3. The molecule has 2 heterocycles. The molecule has 5 nitrogen and oxygen atoms in total. The average Bonchev–Trinajstić information content (AvgIpc) is 2.90. The molecule has 106 valence electrons. The molecule has 0 saturated carbocycles. The molecule has 1 amide bonds. The zero-order chi connectivity index (χ0) is 14.8. The smallest absolute Gasteiger partial charge is 0.275 e. The van der Waals surface area contributed by atoms with E-state index in [1.165, 1.54) is 6.20 Å². The number of fused-ring (bicyclic) bond motifs is 1. The maximum atomic E-state index is 12.1. The third-order valence-electron chi connectivity index (χ3n) is 3.38. The van der Waals surface area contributed by atoms with Crippen molar-refractivity contribution in [3.05, 3.63) is 54.2 Å². The van der Waals surface area contributed by atoms with Crippen LogP contribution in [0, 0.1) is 6.92 Å². The van der Waals surface area contributed by atoms with Crippen LogP contribution in [0.2, 0.25) is 0 Å². The summed E-state index contributed by atoms with van der Waals surface area (Å²) in [5.41, 5.74) is 3.01. The van der Waals surface area contributed by atoms with Crippen LogP contribution in [0.25, 0.3) is 10.9 Å². The number of nitrogens with zero attached hydrogens (tertiary/aromatic N) is 3. The maximum absolute atomic E-state index is 12.1. The second-order valence-electron chi connectivity index (χ2n) is 4.87. The van der Waals surface area contributed by atoms with Gasteiger partial charge >= 0.3 is 0 Å². The van der Waals surface area contributed by atoms with Crippen molar-refractivity contribution in [2.45, 2.75) is 20.4 Å². The summed E-state index contributed by atoms with van der Waals surface area (Å²) >= 11 is 0. The molecule has 0 atom stereocenters. The van der Waals surface area contributed by atoms with Crippen molar-refractivity contribution in [1.82, 2.24) is 14.5 Å². The minimum atomic E-state index is -0.253. The number of aromatic nitrogens is 3. The van der Waals surface area contributed by atoms with Gasteiger partial charge < -0.3 is 9.88 Å². The molecule has 1 aromatic carbocycles. The van der Waals surface area contributed by atoms with Crippen LogP contribution < -0.4 is 5.32 Å². The van der Waals surface area contributed by atoms with Gasteiger partial charge in [0.1, 0.15) is 5.69 Å². The van der Waals surface area contributed by atoms with Crippen molar-refractivity contribution in [2.24, 2.45) is 0 Å². The highest BCUT2D eigenvalue weighted by Crippen LogP contribution is 2.20. The van der Waals surface area contributed by atoms with Gasteiger partial charge in [-0.25, -0.2) is 4.98 Å². The second-order valence-corrected chi connectivity index (χ2v) is 4.87. The highest BCUT2D eigenvalue weighted by Gasteiger charge is 2.09. The van der Waals surface area contributed by atoms with Crippen LogP contribution in [0.15, 0.2) is 42.9 Å². The SMILES string of the molecule is CCn1ccc2cc(NC(=O)c3cnc(C)cn3)ccc21. The van der Waals surface area contributed by atoms with Gasteiger partial charge in [-0.1, -0.05) is 0 Å². The number of hydrogen-bond donors (Lipinski definition) is 1. The Balaban J connectivity index is 1.84. The fourth-order valence-corrected chi connectivity index (χ4v) is 2.26. The first-order chi connectivity index (χ1) is 10.2. The van der Waals surface area contributed by atoms with Crippen LogP contribution in [0.1, 0.15) is 23.1 Å². The molecular weight excluding hydrogens is 264 g/mol. The fourth-order valence-electron chi connectivity index (χ4n) is 2.26. The summed E-state index contributed by atoms with van der Waals surface area (Å²) in [6.07, 6.45) is 5.11. The molecule has 0 aliphatic rings. The molecule has 0 radical (unpaired) electrons. The van der Waals surface area contributed by atoms with Gasteiger partial charge in [0, 0.05) is 35.5 Å². The minimum Gasteiger partial charge on any atom is -0.348 e. The van der Waals surface area contributed by atoms with Crippen molar-refractivity contribution in [3.63, 3.8) is 0 Å². The van der Waals surface area contributed by atoms with Crippen molar-refractivity contribution in [1.29, 1.82) is 0 Å². The van der Waals surface area contributed by atoms with E-state index >= 15 is 0 Å². The largest absolute Gasteiger partial charge is 0.348 e. The Kier molecular flexibility index (Phi) is 3.39. The molecule has 3 aromatic rings. The van der Waals surface area contributed by atoms with E-state index in [-0.39, 0.29) is 5.91 Å². The van der Waals surface area contributed by atoms with E-state index in [0.717, 1.165) is 28.8 Å². The lowest BCUT2D eigenvalue weighted by molar-refractivity contribution is 0.102. The van der Waals surface area contributed by atoms with Crippen molar-refractivity contribution < 1.29 is 4.79 Å². The maximum Gasteiger partial charge on any atom is 0.275 e. The van der Waals surface area contributed by atoms with Crippen molar-refractivity contribution >= 4 is 22.5 Å². The molecule has 2 aromatic heterocycles. The van der Waals surface area contributed by atoms with Crippen LogP contribution in [0.4, 0.5) is 5.69 Å². The molecule has 0 aliphatic carbocycles. The van der Waals surface area contributed by atoms with Crippen LogP contribution in [-0.2, 0) is 6.54 Å². The molecule has 3 rings (SSSR count). The normalized spacial score (nSPS) is 10.8. The first-order valence-electron chi connectivity index (χ1n) is 6.86. The third-order valence-corrected chi connectivity index (χ3v) is 3.38. The average molecular weight is 280 g/mol. The number of carbonyl (C=O) groups is 1. The molecule has 21 heavy (non-hydrogen) atoms. The monoisotopic (exact) mass is 280 g/mol. The van der Waals surface area contributed by atoms with Crippen LogP contribution >= 0.6 is 0 Å². The van der Waals surface area contributed by atoms with Crippen molar-refractivity contribution in [3.8, 4) is 0 Å². The minimum absolute atomic E-state index is 0.253. The van der Waals surface area contributed by atoms with Crippen LogP contribution in [-0.4, -0.2) is 20.4 Å². The predicted octanol–water partition coefficient (Wildman–Crippen LogP) is 3.01. The van der Waals surface area contributed by atoms with Gasteiger partial charge in [0.05, 0.1) is 11.9 Å². The Hall–Kier alpha value is -2.69. The lowest BCUT2D eigenvalue weighted by Crippen LogP contribution is -2.14. The topological polar surface area (TPSA) is 59.8 Å². The first-order valence-corrected chi connectivity index (χ1v) is 6.86. The predicted molar refractivity (Wildman–Crippen MR) is 82.3 cm³/mol. The summed E-state index contributed by atoms with van der Waals surface area (Å²) in [5, 5.41) is 3.95. The van der Waals surface area contributed by atoms with Gasteiger partial charge in [-0.15, -0.1) is 0 Å². The van der Waals surface area contributed by atoms with Crippen LogP contribution in [0.3, 0.4) is 0 Å². The number of amides is 1. The molecule has 0 fully saturated rings. The zero-order valence-corrected chi connectivity index (χ0v) is 12.0. The summed E-state index contributed by atoms with van der Waals surface area (Å²) in [6.45, 7) is 4.86. The number of anilines is 1. The van der Waals surface area contributed by atoms with E-state index < -0.39 is 0 Å². The quantitative estimate of drug-likeness (QED) is 0.802. The summed E-state index contributed by atoms with van der Waals surface area (Å²) in [5.74, 6) is -0.253. The Morgan fingerprint density at radius 1 is 1.24 bits per heavy atom. The van der Waals surface area contributed by atoms with Gasteiger partial charge in [0.15, 0.2) is 0 Å². The molecule has 0 spiro atoms. The highest BCUT2D eigenvalue weighted by atomic mass is 16.1. The number of benzene rings is 1. The van der Waals surface area contributed by atoms with E-state index in [9.17, 15) is 4.79 Å². The Labute approximate surface area is 122 Å². The molecular formula is C16H16N4O. The lowest BCUT2D eigenvalue weighted by Gasteiger charge is -2.06. The molecule has 0 unspecified atom stereocenters. The highest BCUT2D eigenvalue weighted by molar-refractivity contribution is 6.03. The van der Waals surface area contributed by atoms with Gasteiger partial charge in [-0.05, 0) is 38.1 Å². The van der Waals surface area contributed by atoms with E-state index in [1.807, 2.05) is 37.4 Å². The number of carbonyl (C=O) groups excluding carboxylic acids is 1. The third kappa shape index (κ3) is 2.63. The fraction of sp³-hybridized carbons (Fsp3) is 0.188.